The molecule has 0 amide bonds. The van der Waals surface area contributed by atoms with E-state index in [0.29, 0.717) is 31.9 Å². The van der Waals surface area contributed by atoms with Gasteiger partial charge in [0, 0.05) is 48.5 Å². The highest BCUT2D eigenvalue weighted by atomic mass is 32.2. The average Bonchev–Trinajstić information content (AvgIpc) is 3.17. The lowest BCUT2D eigenvalue weighted by atomic mass is 10.1. The van der Waals surface area contributed by atoms with Crippen molar-refractivity contribution >= 4 is 37.4 Å². The highest BCUT2D eigenvalue weighted by Crippen LogP contribution is 2.38. The number of anilines is 1. The summed E-state index contributed by atoms with van der Waals surface area (Å²) in [7, 11) is -3.08. The van der Waals surface area contributed by atoms with Crippen molar-refractivity contribution in [3.63, 3.8) is 0 Å². The molecule has 1 atom stereocenters. The summed E-state index contributed by atoms with van der Waals surface area (Å²) < 4.78 is 26.1. The SMILES string of the molecule is Cc1sc2nc(-c3cccnc3)nc(N3CCN4C(CCS4(=O)=O)C3)c2c1C. The third-order valence-electron chi connectivity index (χ3n) is 5.72. The van der Waals surface area contributed by atoms with Gasteiger partial charge in [0.05, 0.1) is 11.1 Å². The molecule has 0 N–H and O–H groups in total. The molecule has 7 nitrogen and oxygen atoms in total. The van der Waals surface area contributed by atoms with Crippen LogP contribution in [-0.2, 0) is 10.0 Å². The molecule has 0 aliphatic carbocycles. The second-order valence-corrected chi connectivity index (χ2v) is 10.6. The Bertz CT molecular complexity index is 1160. The third-order valence-corrected chi connectivity index (χ3v) is 8.77. The lowest BCUT2D eigenvalue weighted by Crippen LogP contribution is -2.51. The zero-order valence-electron chi connectivity index (χ0n) is 15.8. The van der Waals surface area contributed by atoms with E-state index in [1.165, 1.54) is 10.4 Å². The Labute approximate surface area is 168 Å². The molecule has 9 heteroatoms. The Kier molecular flexibility index (Phi) is 4.15. The Morgan fingerprint density at radius 2 is 2.07 bits per heavy atom. The fourth-order valence-electron chi connectivity index (χ4n) is 4.12. The molecule has 2 fully saturated rings. The van der Waals surface area contributed by atoms with E-state index in [-0.39, 0.29) is 11.8 Å². The maximum atomic E-state index is 12.2. The van der Waals surface area contributed by atoms with Crippen LogP contribution in [0.25, 0.3) is 21.6 Å². The van der Waals surface area contributed by atoms with Crippen LogP contribution in [0.2, 0.25) is 0 Å². The lowest BCUT2D eigenvalue weighted by molar-refractivity contribution is 0.310. The summed E-state index contributed by atoms with van der Waals surface area (Å²) in [6.45, 7) is 6.05. The smallest absolute Gasteiger partial charge is 0.214 e. The van der Waals surface area contributed by atoms with Gasteiger partial charge in [-0.25, -0.2) is 18.4 Å². The summed E-state index contributed by atoms with van der Waals surface area (Å²) >= 11 is 1.68. The predicted molar refractivity (Wildman–Crippen MR) is 111 cm³/mol. The average molecular weight is 416 g/mol. The number of fused-ring (bicyclic) bond motifs is 2. The number of aryl methyl sites for hydroxylation is 2. The van der Waals surface area contributed by atoms with E-state index >= 15 is 0 Å². The van der Waals surface area contributed by atoms with Gasteiger partial charge in [-0.05, 0) is 38.0 Å². The number of aromatic nitrogens is 3. The second-order valence-electron chi connectivity index (χ2n) is 7.39. The van der Waals surface area contributed by atoms with E-state index in [2.05, 4.69) is 23.7 Å². The molecule has 0 radical (unpaired) electrons. The fraction of sp³-hybridized carbons (Fsp3) is 0.421. The topological polar surface area (TPSA) is 79.3 Å². The number of hydrogen-bond donors (Lipinski definition) is 0. The molecule has 3 aromatic rings. The van der Waals surface area contributed by atoms with Crippen molar-refractivity contribution in [2.24, 2.45) is 0 Å². The first-order chi connectivity index (χ1) is 13.4. The Hall–Kier alpha value is -2.10. The van der Waals surface area contributed by atoms with Crippen LogP contribution in [0.3, 0.4) is 0 Å². The van der Waals surface area contributed by atoms with Gasteiger partial charge in [0.25, 0.3) is 0 Å². The Morgan fingerprint density at radius 1 is 1.21 bits per heavy atom. The molecule has 2 saturated heterocycles. The number of sulfonamides is 1. The summed E-state index contributed by atoms with van der Waals surface area (Å²) in [5.41, 5.74) is 2.09. The molecule has 0 saturated carbocycles. The van der Waals surface area contributed by atoms with Crippen LogP contribution in [-0.4, -0.2) is 59.1 Å². The molecule has 2 aliphatic heterocycles. The molecule has 146 valence electrons. The first-order valence-corrected chi connectivity index (χ1v) is 11.8. The highest BCUT2D eigenvalue weighted by Gasteiger charge is 2.41. The summed E-state index contributed by atoms with van der Waals surface area (Å²) in [6.07, 6.45) is 4.20. The first-order valence-electron chi connectivity index (χ1n) is 9.36. The highest BCUT2D eigenvalue weighted by molar-refractivity contribution is 7.89. The number of pyridine rings is 1. The monoisotopic (exact) mass is 415 g/mol. The molecule has 3 aromatic heterocycles. The second kappa shape index (κ2) is 6.47. The van der Waals surface area contributed by atoms with Crippen molar-refractivity contribution in [2.75, 3.05) is 30.3 Å². The number of rotatable bonds is 2. The van der Waals surface area contributed by atoms with Crippen molar-refractivity contribution in [1.29, 1.82) is 0 Å². The summed E-state index contributed by atoms with van der Waals surface area (Å²) in [5.74, 6) is 1.83. The molecule has 0 bridgehead atoms. The van der Waals surface area contributed by atoms with Gasteiger partial charge in [-0.15, -0.1) is 11.3 Å². The normalized spacial score (nSPS) is 21.9. The summed E-state index contributed by atoms with van der Waals surface area (Å²) in [4.78, 5) is 18.4. The van der Waals surface area contributed by atoms with Crippen LogP contribution in [0.1, 0.15) is 16.9 Å². The van der Waals surface area contributed by atoms with Crippen LogP contribution in [0.15, 0.2) is 24.5 Å². The number of hydrogen-bond acceptors (Lipinski definition) is 7. The lowest BCUT2D eigenvalue weighted by Gasteiger charge is -2.37. The van der Waals surface area contributed by atoms with Gasteiger partial charge in [-0.2, -0.15) is 4.31 Å². The largest absolute Gasteiger partial charge is 0.353 e. The Balaban J connectivity index is 1.62. The van der Waals surface area contributed by atoms with Gasteiger partial charge >= 0.3 is 0 Å². The van der Waals surface area contributed by atoms with Crippen molar-refractivity contribution in [2.45, 2.75) is 26.3 Å². The van der Waals surface area contributed by atoms with Gasteiger partial charge in [-0.1, -0.05) is 0 Å². The van der Waals surface area contributed by atoms with Crippen LogP contribution in [0, 0.1) is 13.8 Å². The van der Waals surface area contributed by atoms with Crippen LogP contribution in [0.5, 0.6) is 0 Å². The third kappa shape index (κ3) is 2.80. The van der Waals surface area contributed by atoms with E-state index < -0.39 is 10.0 Å². The quantitative estimate of drug-likeness (QED) is 0.640. The van der Waals surface area contributed by atoms with E-state index in [0.717, 1.165) is 21.6 Å². The molecular formula is C19H21N5O2S2. The molecular weight excluding hydrogens is 394 g/mol. The minimum atomic E-state index is -3.08. The van der Waals surface area contributed by atoms with Crippen molar-refractivity contribution < 1.29 is 8.42 Å². The summed E-state index contributed by atoms with van der Waals surface area (Å²) in [6, 6.07) is 3.88. The van der Waals surface area contributed by atoms with Crippen LogP contribution in [0.4, 0.5) is 5.82 Å². The number of piperazine rings is 1. The van der Waals surface area contributed by atoms with Gasteiger partial charge in [0.2, 0.25) is 10.0 Å². The molecule has 28 heavy (non-hydrogen) atoms. The maximum Gasteiger partial charge on any atom is 0.214 e. The predicted octanol–water partition coefficient (Wildman–Crippen LogP) is 2.59. The minimum Gasteiger partial charge on any atom is -0.353 e. The zero-order chi connectivity index (χ0) is 19.5. The van der Waals surface area contributed by atoms with Crippen molar-refractivity contribution in [1.82, 2.24) is 19.3 Å². The van der Waals surface area contributed by atoms with Gasteiger partial charge < -0.3 is 4.90 Å². The zero-order valence-corrected chi connectivity index (χ0v) is 17.4. The Morgan fingerprint density at radius 3 is 2.86 bits per heavy atom. The minimum absolute atomic E-state index is 0.0330. The molecule has 2 aliphatic rings. The maximum absolute atomic E-state index is 12.2. The molecule has 0 aromatic carbocycles. The van der Waals surface area contributed by atoms with E-state index in [9.17, 15) is 8.42 Å². The van der Waals surface area contributed by atoms with E-state index in [1.807, 2.05) is 12.1 Å². The number of nitrogens with zero attached hydrogens (tertiary/aromatic N) is 5. The van der Waals surface area contributed by atoms with E-state index in [4.69, 9.17) is 9.97 Å². The van der Waals surface area contributed by atoms with E-state index in [1.54, 1.807) is 28.0 Å². The molecule has 1 unspecified atom stereocenters. The van der Waals surface area contributed by atoms with Crippen molar-refractivity contribution in [3.8, 4) is 11.4 Å². The molecule has 0 spiro atoms. The standard InChI is InChI=1S/C19H21N5O2S2/c1-12-13(2)27-19-16(12)18(21-17(22-19)14-4-3-6-20-10-14)23-7-8-24-15(11-23)5-9-28(24,25)26/h3-4,6,10,15H,5,7-9,11H2,1-2H3. The van der Waals surface area contributed by atoms with Gasteiger partial charge in [-0.3, -0.25) is 4.98 Å². The first kappa shape index (κ1) is 18.0. The number of thiophene rings is 1. The molecule has 5 heterocycles. The molecule has 5 rings (SSSR count). The van der Waals surface area contributed by atoms with Crippen LogP contribution < -0.4 is 4.90 Å². The van der Waals surface area contributed by atoms with Crippen LogP contribution >= 0.6 is 11.3 Å². The van der Waals surface area contributed by atoms with Crippen molar-refractivity contribution in [3.05, 3.63) is 35.0 Å². The van der Waals surface area contributed by atoms with Gasteiger partial charge in [0.15, 0.2) is 5.82 Å². The fourth-order valence-corrected chi connectivity index (χ4v) is 6.93. The van der Waals surface area contributed by atoms with Gasteiger partial charge in [0.1, 0.15) is 10.6 Å². The summed E-state index contributed by atoms with van der Waals surface area (Å²) in [5, 5.41) is 1.09.